The molecule has 2 aromatic rings. The van der Waals surface area contributed by atoms with Crippen LogP contribution in [-0.2, 0) is 0 Å². The highest BCUT2D eigenvalue weighted by atomic mass is 16.3. The number of aliphatic hydroxyl groups is 1. The van der Waals surface area contributed by atoms with Gasteiger partial charge in [-0.05, 0) is 24.5 Å². The van der Waals surface area contributed by atoms with Crippen LogP contribution in [0.4, 0.5) is 0 Å². The molecule has 0 radical (unpaired) electrons. The average molecular weight is 271 g/mol. The number of hydrogen-bond donors (Lipinski definition) is 1. The molecule has 1 aromatic heterocycles. The second kappa shape index (κ2) is 5.51. The summed E-state index contributed by atoms with van der Waals surface area (Å²) in [5, 5.41) is 9.34. The summed E-state index contributed by atoms with van der Waals surface area (Å²) >= 11 is 0. The van der Waals surface area contributed by atoms with Gasteiger partial charge in [0.2, 0.25) is 0 Å². The summed E-state index contributed by atoms with van der Waals surface area (Å²) in [7, 11) is 0. The van der Waals surface area contributed by atoms with E-state index in [0.29, 0.717) is 12.3 Å². The Kier molecular flexibility index (Phi) is 3.56. The molecule has 104 valence electrons. The summed E-state index contributed by atoms with van der Waals surface area (Å²) in [6.45, 7) is 0.687. The highest BCUT2D eigenvalue weighted by Crippen LogP contribution is 2.28. The lowest BCUT2D eigenvalue weighted by molar-refractivity contribution is 0.0647. The maximum absolute atomic E-state index is 12.6. The molecule has 1 amide bonds. The second-order valence-corrected chi connectivity index (χ2v) is 5.01. The summed E-state index contributed by atoms with van der Waals surface area (Å²) in [6.07, 6.45) is 3.32. The Bertz CT molecular complexity index is 591. The minimum Gasteiger partial charge on any atom is -0.459 e. The number of rotatable bonds is 3. The molecule has 1 aliphatic heterocycles. The van der Waals surface area contributed by atoms with E-state index in [-0.39, 0.29) is 18.6 Å². The molecular weight excluding hydrogens is 254 g/mol. The Morgan fingerprint density at radius 2 is 2.10 bits per heavy atom. The van der Waals surface area contributed by atoms with Crippen molar-refractivity contribution in [3.05, 3.63) is 48.4 Å². The standard InChI is InChI=1S/C16H17NO3/c18-11-13-7-4-9-17(13)16(19)15-14(8-10-20-15)12-5-2-1-3-6-12/h1-3,5-6,8,10,13,18H,4,7,9,11H2. The lowest BCUT2D eigenvalue weighted by Crippen LogP contribution is -2.37. The largest absolute Gasteiger partial charge is 0.459 e. The van der Waals surface area contributed by atoms with E-state index in [2.05, 4.69) is 0 Å². The van der Waals surface area contributed by atoms with Gasteiger partial charge in [-0.1, -0.05) is 30.3 Å². The number of benzene rings is 1. The monoisotopic (exact) mass is 271 g/mol. The van der Waals surface area contributed by atoms with Crippen LogP contribution < -0.4 is 0 Å². The molecule has 2 heterocycles. The molecule has 20 heavy (non-hydrogen) atoms. The van der Waals surface area contributed by atoms with Crippen LogP contribution in [0.3, 0.4) is 0 Å². The molecule has 0 aliphatic carbocycles. The van der Waals surface area contributed by atoms with Crippen LogP contribution >= 0.6 is 0 Å². The summed E-state index contributed by atoms with van der Waals surface area (Å²) in [5.74, 6) is 0.224. The van der Waals surface area contributed by atoms with Crippen LogP contribution in [0.25, 0.3) is 11.1 Å². The number of nitrogens with zero attached hydrogens (tertiary/aromatic N) is 1. The molecule has 3 rings (SSSR count). The third-order valence-corrected chi connectivity index (χ3v) is 3.79. The van der Waals surface area contributed by atoms with E-state index in [0.717, 1.165) is 24.0 Å². The fourth-order valence-corrected chi connectivity index (χ4v) is 2.74. The highest BCUT2D eigenvalue weighted by molar-refractivity contribution is 5.98. The van der Waals surface area contributed by atoms with E-state index in [9.17, 15) is 9.90 Å². The lowest BCUT2D eigenvalue weighted by atomic mass is 10.1. The number of aliphatic hydroxyl groups excluding tert-OH is 1. The zero-order valence-corrected chi connectivity index (χ0v) is 11.2. The van der Waals surface area contributed by atoms with Gasteiger partial charge in [-0.25, -0.2) is 0 Å². The smallest absolute Gasteiger partial charge is 0.290 e. The molecule has 0 saturated carbocycles. The Morgan fingerprint density at radius 3 is 2.85 bits per heavy atom. The normalized spacial score (nSPS) is 18.4. The first-order valence-corrected chi connectivity index (χ1v) is 6.86. The van der Waals surface area contributed by atoms with Crippen molar-refractivity contribution in [2.75, 3.05) is 13.2 Å². The zero-order chi connectivity index (χ0) is 13.9. The Morgan fingerprint density at radius 1 is 1.30 bits per heavy atom. The van der Waals surface area contributed by atoms with Crippen molar-refractivity contribution >= 4 is 5.91 Å². The fraction of sp³-hybridized carbons (Fsp3) is 0.312. The lowest BCUT2D eigenvalue weighted by Gasteiger charge is -2.22. The minimum atomic E-state index is -0.134. The van der Waals surface area contributed by atoms with E-state index in [1.165, 1.54) is 0 Å². The minimum absolute atomic E-state index is 0.00706. The summed E-state index contributed by atoms with van der Waals surface area (Å²) < 4.78 is 5.41. The first-order valence-electron chi connectivity index (χ1n) is 6.86. The van der Waals surface area contributed by atoms with Crippen LogP contribution in [0.2, 0.25) is 0 Å². The van der Waals surface area contributed by atoms with Crippen LogP contribution in [0.5, 0.6) is 0 Å². The molecule has 0 spiro atoms. The van der Waals surface area contributed by atoms with Crippen LogP contribution in [0.1, 0.15) is 23.4 Å². The van der Waals surface area contributed by atoms with Crippen molar-refractivity contribution in [1.29, 1.82) is 0 Å². The predicted octanol–water partition coefficient (Wildman–Crippen LogP) is 2.54. The summed E-state index contributed by atoms with van der Waals surface area (Å²) in [6, 6.07) is 11.4. The van der Waals surface area contributed by atoms with E-state index in [1.54, 1.807) is 11.2 Å². The van der Waals surface area contributed by atoms with Gasteiger partial charge in [0.1, 0.15) is 0 Å². The fourth-order valence-electron chi connectivity index (χ4n) is 2.74. The van der Waals surface area contributed by atoms with Gasteiger partial charge in [0.25, 0.3) is 5.91 Å². The third-order valence-electron chi connectivity index (χ3n) is 3.79. The van der Waals surface area contributed by atoms with E-state index >= 15 is 0 Å². The van der Waals surface area contributed by atoms with Crippen molar-refractivity contribution < 1.29 is 14.3 Å². The van der Waals surface area contributed by atoms with Gasteiger partial charge in [0.15, 0.2) is 5.76 Å². The van der Waals surface area contributed by atoms with Gasteiger partial charge in [-0.3, -0.25) is 4.79 Å². The van der Waals surface area contributed by atoms with Gasteiger partial charge in [-0.2, -0.15) is 0 Å². The van der Waals surface area contributed by atoms with E-state index < -0.39 is 0 Å². The third kappa shape index (κ3) is 2.23. The molecule has 1 saturated heterocycles. The van der Waals surface area contributed by atoms with Crippen LogP contribution in [0.15, 0.2) is 47.1 Å². The molecule has 1 unspecified atom stereocenters. The maximum atomic E-state index is 12.6. The number of carbonyl (C=O) groups excluding carboxylic acids is 1. The summed E-state index contributed by atoms with van der Waals surface area (Å²) in [5.41, 5.74) is 1.77. The Balaban J connectivity index is 1.92. The molecule has 4 heteroatoms. The van der Waals surface area contributed by atoms with Crippen molar-refractivity contribution in [1.82, 2.24) is 4.90 Å². The first-order chi connectivity index (χ1) is 9.81. The molecule has 4 nitrogen and oxygen atoms in total. The Hall–Kier alpha value is -2.07. The topological polar surface area (TPSA) is 53.7 Å². The van der Waals surface area contributed by atoms with Gasteiger partial charge in [-0.15, -0.1) is 0 Å². The number of likely N-dealkylation sites (tertiary alicyclic amines) is 1. The average Bonchev–Trinajstić information content (AvgIpc) is 3.16. The number of furan rings is 1. The number of amides is 1. The number of carbonyl (C=O) groups is 1. The first kappa shape index (κ1) is 12.9. The van der Waals surface area contributed by atoms with E-state index in [4.69, 9.17) is 4.42 Å². The van der Waals surface area contributed by atoms with Crippen molar-refractivity contribution in [3.63, 3.8) is 0 Å². The molecule has 1 N–H and O–H groups in total. The second-order valence-electron chi connectivity index (χ2n) is 5.01. The molecule has 1 aromatic carbocycles. The van der Waals surface area contributed by atoms with Gasteiger partial charge in [0, 0.05) is 12.1 Å². The number of hydrogen-bond acceptors (Lipinski definition) is 3. The molecular formula is C16H17NO3. The van der Waals surface area contributed by atoms with Crippen molar-refractivity contribution in [2.24, 2.45) is 0 Å². The quantitative estimate of drug-likeness (QED) is 0.933. The van der Waals surface area contributed by atoms with Gasteiger partial charge in [0.05, 0.1) is 18.9 Å². The molecule has 1 atom stereocenters. The molecule has 0 bridgehead atoms. The van der Waals surface area contributed by atoms with Crippen LogP contribution in [0, 0.1) is 0 Å². The van der Waals surface area contributed by atoms with Crippen molar-refractivity contribution in [3.8, 4) is 11.1 Å². The maximum Gasteiger partial charge on any atom is 0.290 e. The van der Waals surface area contributed by atoms with Crippen molar-refractivity contribution in [2.45, 2.75) is 18.9 Å². The zero-order valence-electron chi connectivity index (χ0n) is 11.2. The molecule has 1 aliphatic rings. The summed E-state index contributed by atoms with van der Waals surface area (Å²) in [4.78, 5) is 14.3. The van der Waals surface area contributed by atoms with Gasteiger partial charge < -0.3 is 14.4 Å². The molecule has 1 fully saturated rings. The van der Waals surface area contributed by atoms with Crippen LogP contribution in [-0.4, -0.2) is 35.1 Å². The highest BCUT2D eigenvalue weighted by Gasteiger charge is 2.31. The van der Waals surface area contributed by atoms with E-state index in [1.807, 2.05) is 36.4 Å². The SMILES string of the molecule is O=C(c1occc1-c1ccccc1)N1CCCC1CO. The predicted molar refractivity (Wildman–Crippen MR) is 75.3 cm³/mol. The Labute approximate surface area is 117 Å². The van der Waals surface area contributed by atoms with Gasteiger partial charge >= 0.3 is 0 Å².